The fourth-order valence-corrected chi connectivity index (χ4v) is 1.98. The van der Waals surface area contributed by atoms with Crippen LogP contribution in [-0.4, -0.2) is 19.8 Å². The lowest BCUT2D eigenvalue weighted by Gasteiger charge is -2.22. The van der Waals surface area contributed by atoms with E-state index < -0.39 is 0 Å². The molecule has 0 radical (unpaired) electrons. The van der Waals surface area contributed by atoms with Crippen molar-refractivity contribution >= 4 is 0 Å². The Balaban J connectivity index is 1.90. The van der Waals surface area contributed by atoms with E-state index in [0.717, 1.165) is 44.0 Å². The van der Waals surface area contributed by atoms with Crippen LogP contribution in [-0.2, 0) is 4.74 Å². The fraction of sp³-hybridized carbons (Fsp3) is 0.500. The van der Waals surface area contributed by atoms with Crippen LogP contribution >= 0.6 is 0 Å². The van der Waals surface area contributed by atoms with Crippen LogP contribution in [0.4, 0.5) is 0 Å². The number of ether oxygens (including phenoxy) is 2. The zero-order chi connectivity index (χ0) is 12.1. The van der Waals surface area contributed by atoms with Crippen LogP contribution in [0.1, 0.15) is 24.0 Å². The van der Waals surface area contributed by atoms with Gasteiger partial charge in [0.05, 0.1) is 18.2 Å². The van der Waals surface area contributed by atoms with Gasteiger partial charge in [-0.05, 0) is 49.4 Å². The summed E-state index contributed by atoms with van der Waals surface area (Å²) >= 11 is 0. The molecular formula is C14H17NO2. The maximum absolute atomic E-state index is 8.84. The van der Waals surface area contributed by atoms with E-state index in [-0.39, 0.29) is 0 Å². The van der Waals surface area contributed by atoms with E-state index in [1.807, 2.05) is 25.1 Å². The minimum absolute atomic E-state index is 0.597. The van der Waals surface area contributed by atoms with Gasteiger partial charge in [-0.3, -0.25) is 0 Å². The van der Waals surface area contributed by atoms with Gasteiger partial charge in [-0.25, -0.2) is 0 Å². The first-order chi connectivity index (χ1) is 8.29. The number of hydrogen-bond acceptors (Lipinski definition) is 3. The van der Waals surface area contributed by atoms with Crippen molar-refractivity contribution in [3.63, 3.8) is 0 Å². The van der Waals surface area contributed by atoms with Gasteiger partial charge in [0.25, 0.3) is 0 Å². The number of nitrogens with zero attached hydrogens (tertiary/aromatic N) is 1. The molecule has 0 saturated carbocycles. The lowest BCUT2D eigenvalue weighted by molar-refractivity contribution is 0.0497. The van der Waals surface area contributed by atoms with Gasteiger partial charge in [0.1, 0.15) is 5.75 Å². The molecule has 0 amide bonds. The van der Waals surface area contributed by atoms with Crippen molar-refractivity contribution in [2.45, 2.75) is 19.8 Å². The highest BCUT2D eigenvalue weighted by molar-refractivity contribution is 5.41. The van der Waals surface area contributed by atoms with Gasteiger partial charge >= 0.3 is 0 Å². The first-order valence-corrected chi connectivity index (χ1v) is 6.01. The van der Waals surface area contributed by atoms with Gasteiger partial charge in [-0.15, -0.1) is 0 Å². The average Bonchev–Trinajstić information content (AvgIpc) is 2.38. The summed E-state index contributed by atoms with van der Waals surface area (Å²) < 4.78 is 11.1. The average molecular weight is 231 g/mol. The minimum Gasteiger partial charge on any atom is -0.493 e. The van der Waals surface area contributed by atoms with Gasteiger partial charge in [-0.1, -0.05) is 0 Å². The van der Waals surface area contributed by atoms with Crippen molar-refractivity contribution in [2.75, 3.05) is 19.8 Å². The topological polar surface area (TPSA) is 42.2 Å². The molecule has 2 rings (SSSR count). The highest BCUT2D eigenvalue weighted by atomic mass is 16.5. The molecule has 0 aliphatic carbocycles. The lowest BCUT2D eigenvalue weighted by atomic mass is 10.0. The summed E-state index contributed by atoms with van der Waals surface area (Å²) in [6.07, 6.45) is 2.16. The molecule has 3 nitrogen and oxygen atoms in total. The molecule has 1 fully saturated rings. The van der Waals surface area contributed by atoms with Crippen molar-refractivity contribution in [2.24, 2.45) is 5.92 Å². The zero-order valence-corrected chi connectivity index (χ0v) is 10.1. The van der Waals surface area contributed by atoms with Crippen molar-refractivity contribution < 1.29 is 9.47 Å². The minimum atomic E-state index is 0.597. The molecule has 17 heavy (non-hydrogen) atoms. The molecule has 1 saturated heterocycles. The van der Waals surface area contributed by atoms with Gasteiger partial charge in [0, 0.05) is 13.2 Å². The Morgan fingerprint density at radius 1 is 1.41 bits per heavy atom. The predicted molar refractivity (Wildman–Crippen MR) is 64.9 cm³/mol. The fourth-order valence-electron chi connectivity index (χ4n) is 1.98. The Morgan fingerprint density at radius 2 is 2.18 bits per heavy atom. The molecule has 0 unspecified atom stereocenters. The monoisotopic (exact) mass is 231 g/mol. The van der Waals surface area contributed by atoms with Gasteiger partial charge in [0.2, 0.25) is 0 Å². The van der Waals surface area contributed by atoms with E-state index in [4.69, 9.17) is 14.7 Å². The molecule has 0 bridgehead atoms. The van der Waals surface area contributed by atoms with E-state index in [1.54, 1.807) is 0 Å². The molecule has 1 heterocycles. The SMILES string of the molecule is Cc1cc(OCC2CCOCC2)ccc1C#N. The summed E-state index contributed by atoms with van der Waals surface area (Å²) in [7, 11) is 0. The zero-order valence-electron chi connectivity index (χ0n) is 10.1. The van der Waals surface area contributed by atoms with Crippen LogP contribution in [0, 0.1) is 24.2 Å². The number of hydrogen-bond donors (Lipinski definition) is 0. The summed E-state index contributed by atoms with van der Waals surface area (Å²) in [6.45, 7) is 4.37. The molecule has 90 valence electrons. The third-order valence-electron chi connectivity index (χ3n) is 3.14. The van der Waals surface area contributed by atoms with Crippen molar-refractivity contribution in [1.29, 1.82) is 5.26 Å². The molecular weight excluding hydrogens is 214 g/mol. The van der Waals surface area contributed by atoms with E-state index in [0.29, 0.717) is 11.5 Å². The Hall–Kier alpha value is -1.53. The Bertz CT molecular complexity index is 417. The van der Waals surface area contributed by atoms with Crippen molar-refractivity contribution in [1.82, 2.24) is 0 Å². The van der Waals surface area contributed by atoms with E-state index in [9.17, 15) is 0 Å². The largest absolute Gasteiger partial charge is 0.493 e. The molecule has 1 aliphatic heterocycles. The molecule has 0 spiro atoms. The number of rotatable bonds is 3. The van der Waals surface area contributed by atoms with E-state index in [1.165, 1.54) is 0 Å². The van der Waals surface area contributed by atoms with Gasteiger partial charge in [-0.2, -0.15) is 5.26 Å². The van der Waals surface area contributed by atoms with Crippen LogP contribution in [0.5, 0.6) is 5.75 Å². The maximum atomic E-state index is 8.84. The van der Waals surface area contributed by atoms with Crippen LogP contribution in [0.15, 0.2) is 18.2 Å². The maximum Gasteiger partial charge on any atom is 0.119 e. The molecule has 0 atom stereocenters. The van der Waals surface area contributed by atoms with E-state index in [2.05, 4.69) is 6.07 Å². The number of nitriles is 1. The molecule has 0 N–H and O–H groups in total. The second kappa shape index (κ2) is 5.70. The lowest BCUT2D eigenvalue weighted by Crippen LogP contribution is -2.21. The third-order valence-corrected chi connectivity index (χ3v) is 3.14. The van der Waals surface area contributed by atoms with Crippen molar-refractivity contribution in [3.8, 4) is 11.8 Å². The number of benzene rings is 1. The summed E-state index contributed by atoms with van der Waals surface area (Å²) in [5.74, 6) is 1.45. The highest BCUT2D eigenvalue weighted by Gasteiger charge is 2.14. The highest BCUT2D eigenvalue weighted by Crippen LogP contribution is 2.20. The molecule has 0 aromatic heterocycles. The van der Waals surface area contributed by atoms with Crippen LogP contribution < -0.4 is 4.74 Å². The molecule has 1 aliphatic rings. The summed E-state index contributed by atoms with van der Waals surface area (Å²) in [6, 6.07) is 7.76. The van der Waals surface area contributed by atoms with Crippen LogP contribution in [0.2, 0.25) is 0 Å². The van der Waals surface area contributed by atoms with Crippen molar-refractivity contribution in [3.05, 3.63) is 29.3 Å². The van der Waals surface area contributed by atoms with E-state index >= 15 is 0 Å². The first-order valence-electron chi connectivity index (χ1n) is 6.01. The summed E-state index contributed by atoms with van der Waals surface area (Å²) in [5.41, 5.74) is 1.68. The van der Waals surface area contributed by atoms with Gasteiger partial charge < -0.3 is 9.47 Å². The third kappa shape index (κ3) is 3.21. The summed E-state index contributed by atoms with van der Waals surface area (Å²) in [4.78, 5) is 0. The van der Waals surface area contributed by atoms with Crippen LogP contribution in [0.3, 0.4) is 0 Å². The standard InChI is InChI=1S/C14H17NO2/c1-11-8-14(3-2-13(11)9-15)17-10-12-4-6-16-7-5-12/h2-3,8,12H,4-7,10H2,1H3. The van der Waals surface area contributed by atoms with Gasteiger partial charge in [0.15, 0.2) is 0 Å². The second-order valence-corrected chi connectivity index (χ2v) is 4.46. The molecule has 1 aromatic carbocycles. The van der Waals surface area contributed by atoms with Crippen LogP contribution in [0.25, 0.3) is 0 Å². The summed E-state index contributed by atoms with van der Waals surface area (Å²) in [5, 5.41) is 8.84. The first kappa shape index (κ1) is 11.9. The predicted octanol–water partition coefficient (Wildman–Crippen LogP) is 2.67. The molecule has 1 aromatic rings. The second-order valence-electron chi connectivity index (χ2n) is 4.46. The smallest absolute Gasteiger partial charge is 0.119 e. The number of aryl methyl sites for hydroxylation is 1. The molecule has 3 heteroatoms. The Kier molecular flexibility index (Phi) is 4.00. The normalized spacial score (nSPS) is 16.5. The Morgan fingerprint density at radius 3 is 2.82 bits per heavy atom. The quantitative estimate of drug-likeness (QED) is 0.803. The Labute approximate surface area is 102 Å².